The summed E-state index contributed by atoms with van der Waals surface area (Å²) in [5.74, 6) is -1.88. The van der Waals surface area contributed by atoms with Crippen molar-refractivity contribution in [3.8, 4) is 5.75 Å². The summed E-state index contributed by atoms with van der Waals surface area (Å²) < 4.78 is 22.6. The number of phenols is 1. The Morgan fingerprint density at radius 1 is 1.19 bits per heavy atom. The van der Waals surface area contributed by atoms with Gasteiger partial charge in [-0.15, -0.1) is 0 Å². The number of aromatic carboxylic acids is 1. The second-order valence-corrected chi connectivity index (χ2v) is 6.91. The van der Waals surface area contributed by atoms with E-state index in [-0.39, 0.29) is 35.8 Å². The summed E-state index contributed by atoms with van der Waals surface area (Å²) in [7, 11) is -3.08. The number of nitrogens with one attached hydrogen (secondary N) is 1. The van der Waals surface area contributed by atoms with E-state index in [1.807, 2.05) is 0 Å². The molecule has 1 aliphatic rings. The molecule has 0 spiro atoms. The molecule has 0 aromatic heterocycles. The molecule has 9 heteroatoms. The highest BCUT2D eigenvalue weighted by molar-refractivity contribution is 7.91. The van der Waals surface area contributed by atoms with Crippen molar-refractivity contribution >= 4 is 27.5 Å². The van der Waals surface area contributed by atoms with Crippen LogP contribution in [0.2, 0.25) is 0 Å². The van der Waals surface area contributed by atoms with E-state index in [0.29, 0.717) is 0 Å². The Morgan fingerprint density at radius 2 is 1.81 bits per heavy atom. The molecule has 1 aromatic rings. The number of hydrogen-bond acceptors (Lipinski definition) is 5. The van der Waals surface area contributed by atoms with Crippen LogP contribution in [0.3, 0.4) is 0 Å². The Morgan fingerprint density at radius 3 is 2.38 bits per heavy atom. The summed E-state index contributed by atoms with van der Waals surface area (Å²) in [6.07, 6.45) is 0. The first kappa shape index (κ1) is 15.1. The molecule has 1 heterocycles. The molecule has 1 aromatic carbocycles. The van der Waals surface area contributed by atoms with Gasteiger partial charge >= 0.3 is 12.0 Å². The first-order chi connectivity index (χ1) is 9.78. The van der Waals surface area contributed by atoms with Crippen molar-refractivity contribution in [3.63, 3.8) is 0 Å². The van der Waals surface area contributed by atoms with Gasteiger partial charge in [0.15, 0.2) is 9.84 Å². The van der Waals surface area contributed by atoms with Crippen LogP contribution in [-0.4, -0.2) is 60.1 Å². The van der Waals surface area contributed by atoms with Gasteiger partial charge in [-0.3, -0.25) is 0 Å². The number of carboxylic acids is 1. The molecule has 0 unspecified atom stereocenters. The van der Waals surface area contributed by atoms with Gasteiger partial charge in [-0.05, 0) is 18.2 Å². The van der Waals surface area contributed by atoms with Crippen molar-refractivity contribution in [1.29, 1.82) is 0 Å². The van der Waals surface area contributed by atoms with E-state index >= 15 is 0 Å². The Kier molecular flexibility index (Phi) is 4.03. The minimum Gasteiger partial charge on any atom is -0.507 e. The van der Waals surface area contributed by atoms with Gasteiger partial charge in [0.2, 0.25) is 0 Å². The predicted octanol–water partition coefficient (Wildman–Crippen LogP) is 0.353. The maximum Gasteiger partial charge on any atom is 0.339 e. The van der Waals surface area contributed by atoms with Gasteiger partial charge in [0, 0.05) is 18.8 Å². The smallest absolute Gasteiger partial charge is 0.339 e. The number of carbonyl (C=O) groups is 2. The zero-order chi connectivity index (χ0) is 15.6. The number of sulfone groups is 1. The molecule has 0 radical (unpaired) electrons. The Hall–Kier alpha value is -2.29. The second kappa shape index (κ2) is 5.60. The van der Waals surface area contributed by atoms with Gasteiger partial charge < -0.3 is 20.4 Å². The summed E-state index contributed by atoms with van der Waals surface area (Å²) in [6.45, 7) is 0.191. The van der Waals surface area contributed by atoms with E-state index in [1.54, 1.807) is 0 Å². The summed E-state index contributed by atoms with van der Waals surface area (Å²) >= 11 is 0. The molecule has 2 rings (SSSR count). The standard InChI is InChI=1S/C12H14N2O6S/c15-10-2-1-8(7-9(10)11(16)17)13-12(18)14-3-5-21(19,20)6-4-14/h1-2,7,15H,3-6H2,(H,13,18)(H,16,17). The van der Waals surface area contributed by atoms with Gasteiger partial charge in [0.1, 0.15) is 11.3 Å². The van der Waals surface area contributed by atoms with Crippen LogP contribution < -0.4 is 5.32 Å². The first-order valence-electron chi connectivity index (χ1n) is 6.11. The Bertz CT molecular complexity index is 671. The fraction of sp³-hybridized carbons (Fsp3) is 0.333. The molecule has 0 bridgehead atoms. The van der Waals surface area contributed by atoms with Crippen molar-refractivity contribution in [2.45, 2.75) is 0 Å². The normalized spacial score (nSPS) is 17.2. The van der Waals surface area contributed by atoms with E-state index in [2.05, 4.69) is 5.32 Å². The largest absolute Gasteiger partial charge is 0.507 e. The van der Waals surface area contributed by atoms with Crippen molar-refractivity contribution in [1.82, 2.24) is 4.90 Å². The zero-order valence-electron chi connectivity index (χ0n) is 10.9. The molecule has 21 heavy (non-hydrogen) atoms. The Balaban J connectivity index is 2.07. The monoisotopic (exact) mass is 314 g/mol. The van der Waals surface area contributed by atoms with Crippen molar-refractivity contribution in [2.75, 3.05) is 29.9 Å². The van der Waals surface area contributed by atoms with Crippen LogP contribution in [0.4, 0.5) is 10.5 Å². The highest BCUT2D eigenvalue weighted by atomic mass is 32.2. The number of urea groups is 1. The number of carboxylic acid groups (broad SMARTS) is 1. The Labute approximate surface area is 120 Å². The molecule has 0 saturated carbocycles. The van der Waals surface area contributed by atoms with E-state index < -0.39 is 27.6 Å². The van der Waals surface area contributed by atoms with Crippen molar-refractivity contribution < 1.29 is 28.2 Å². The third-order valence-electron chi connectivity index (χ3n) is 3.11. The quantitative estimate of drug-likeness (QED) is 0.677. The van der Waals surface area contributed by atoms with Gasteiger partial charge in [0.05, 0.1) is 11.5 Å². The molecule has 3 N–H and O–H groups in total. The van der Waals surface area contributed by atoms with Gasteiger partial charge in [-0.1, -0.05) is 0 Å². The van der Waals surface area contributed by atoms with Gasteiger partial charge in [-0.25, -0.2) is 18.0 Å². The molecule has 1 saturated heterocycles. The molecular formula is C12H14N2O6S. The lowest BCUT2D eigenvalue weighted by atomic mass is 10.2. The first-order valence-corrected chi connectivity index (χ1v) is 7.93. The van der Waals surface area contributed by atoms with E-state index in [9.17, 15) is 23.1 Å². The van der Waals surface area contributed by atoms with Crippen LogP contribution in [0.25, 0.3) is 0 Å². The molecular weight excluding hydrogens is 300 g/mol. The third kappa shape index (κ3) is 3.63. The zero-order valence-corrected chi connectivity index (χ0v) is 11.8. The second-order valence-electron chi connectivity index (χ2n) is 4.61. The summed E-state index contributed by atoms with van der Waals surface area (Å²) in [6, 6.07) is 3.16. The number of carbonyl (C=O) groups excluding carboxylic acids is 1. The third-order valence-corrected chi connectivity index (χ3v) is 4.72. The lowest BCUT2D eigenvalue weighted by molar-refractivity contribution is 0.0693. The summed E-state index contributed by atoms with van der Waals surface area (Å²) in [5.41, 5.74) is -0.113. The number of aromatic hydroxyl groups is 1. The van der Waals surface area contributed by atoms with Crippen LogP contribution >= 0.6 is 0 Å². The maximum absolute atomic E-state index is 12.0. The fourth-order valence-electron chi connectivity index (χ4n) is 1.90. The highest BCUT2D eigenvalue weighted by Crippen LogP contribution is 2.21. The number of amides is 2. The maximum atomic E-state index is 12.0. The molecule has 1 fully saturated rings. The van der Waals surface area contributed by atoms with Crippen molar-refractivity contribution in [2.24, 2.45) is 0 Å². The minimum atomic E-state index is -3.08. The van der Waals surface area contributed by atoms with Crippen LogP contribution in [0, 0.1) is 0 Å². The van der Waals surface area contributed by atoms with Crippen molar-refractivity contribution in [3.05, 3.63) is 23.8 Å². The molecule has 0 atom stereocenters. The molecule has 2 amide bonds. The predicted molar refractivity (Wildman–Crippen MR) is 74.3 cm³/mol. The average molecular weight is 314 g/mol. The number of rotatable bonds is 2. The van der Waals surface area contributed by atoms with Crippen LogP contribution in [0.15, 0.2) is 18.2 Å². The minimum absolute atomic E-state index is 0.0869. The van der Waals surface area contributed by atoms with Crippen LogP contribution in [0.5, 0.6) is 5.75 Å². The van der Waals surface area contributed by atoms with Gasteiger partial charge in [0.25, 0.3) is 0 Å². The number of hydrogen-bond donors (Lipinski definition) is 3. The SMILES string of the molecule is O=C(O)c1cc(NC(=O)N2CCS(=O)(=O)CC2)ccc1O. The highest BCUT2D eigenvalue weighted by Gasteiger charge is 2.25. The van der Waals surface area contributed by atoms with Gasteiger partial charge in [-0.2, -0.15) is 0 Å². The number of nitrogens with zero attached hydrogens (tertiary/aromatic N) is 1. The topological polar surface area (TPSA) is 124 Å². The van der Waals surface area contributed by atoms with E-state index in [4.69, 9.17) is 5.11 Å². The lowest BCUT2D eigenvalue weighted by Gasteiger charge is -2.26. The molecule has 1 aliphatic heterocycles. The average Bonchev–Trinajstić information content (AvgIpc) is 2.40. The molecule has 114 valence electrons. The summed E-state index contributed by atoms with van der Waals surface area (Å²) in [5, 5.41) is 20.7. The summed E-state index contributed by atoms with van der Waals surface area (Å²) in [4.78, 5) is 24.2. The fourth-order valence-corrected chi connectivity index (χ4v) is 3.10. The molecule has 0 aliphatic carbocycles. The lowest BCUT2D eigenvalue weighted by Crippen LogP contribution is -2.45. The number of benzene rings is 1. The molecule has 8 nitrogen and oxygen atoms in total. The van der Waals surface area contributed by atoms with Crippen LogP contribution in [-0.2, 0) is 9.84 Å². The number of anilines is 1. The van der Waals surface area contributed by atoms with E-state index in [0.717, 1.165) is 6.07 Å². The van der Waals surface area contributed by atoms with E-state index in [1.165, 1.54) is 17.0 Å². The van der Waals surface area contributed by atoms with Crippen LogP contribution in [0.1, 0.15) is 10.4 Å².